The molecule has 0 saturated heterocycles. The lowest BCUT2D eigenvalue weighted by atomic mass is 9.99. The van der Waals surface area contributed by atoms with Gasteiger partial charge in [0.1, 0.15) is 5.82 Å². The molecule has 0 bridgehead atoms. The van der Waals surface area contributed by atoms with Crippen LogP contribution in [0.1, 0.15) is 17.2 Å². The van der Waals surface area contributed by atoms with E-state index in [4.69, 9.17) is 23.2 Å². The molecule has 1 nitrogen and oxygen atoms in total. The van der Waals surface area contributed by atoms with Gasteiger partial charge in [-0.3, -0.25) is 0 Å². The number of halogens is 4. The number of benzene rings is 2. The van der Waals surface area contributed by atoms with Gasteiger partial charge in [-0.2, -0.15) is 0 Å². The Morgan fingerprint density at radius 3 is 2.50 bits per heavy atom. The molecule has 0 saturated carbocycles. The van der Waals surface area contributed by atoms with Gasteiger partial charge in [-0.1, -0.05) is 35.3 Å². The minimum absolute atomic E-state index is 0.102. The normalized spacial score (nSPS) is 12.4. The van der Waals surface area contributed by atoms with Crippen LogP contribution in [0.25, 0.3) is 0 Å². The smallest absolute Gasteiger partial charge is 0.141 e. The van der Waals surface area contributed by atoms with Gasteiger partial charge in [0.15, 0.2) is 0 Å². The number of rotatable bonds is 4. The SMILES string of the molecule is CNC(Cc1ccc(F)c(Cl)c1)c1ccc(Cl)c(Br)c1. The van der Waals surface area contributed by atoms with Gasteiger partial charge in [0, 0.05) is 10.5 Å². The molecule has 20 heavy (non-hydrogen) atoms. The Labute approximate surface area is 136 Å². The summed E-state index contributed by atoms with van der Waals surface area (Å²) in [7, 11) is 1.89. The first kappa shape index (κ1) is 15.8. The summed E-state index contributed by atoms with van der Waals surface area (Å²) in [5, 5.41) is 4.07. The molecule has 0 spiro atoms. The van der Waals surface area contributed by atoms with Crippen molar-refractivity contribution in [3.05, 3.63) is 67.9 Å². The Kier molecular flexibility index (Phi) is 5.44. The molecule has 1 N–H and O–H groups in total. The topological polar surface area (TPSA) is 12.0 Å². The molecule has 0 heterocycles. The summed E-state index contributed by atoms with van der Waals surface area (Å²) in [6.45, 7) is 0. The van der Waals surface area contributed by atoms with E-state index < -0.39 is 5.82 Å². The molecular weight excluding hydrogens is 364 g/mol. The largest absolute Gasteiger partial charge is 0.313 e. The maximum Gasteiger partial charge on any atom is 0.141 e. The van der Waals surface area contributed by atoms with Gasteiger partial charge in [0.25, 0.3) is 0 Å². The van der Waals surface area contributed by atoms with Crippen molar-refractivity contribution in [3.63, 3.8) is 0 Å². The molecule has 1 unspecified atom stereocenters. The first-order chi connectivity index (χ1) is 9.51. The van der Waals surface area contributed by atoms with E-state index in [9.17, 15) is 4.39 Å². The summed E-state index contributed by atoms with van der Waals surface area (Å²) in [6.07, 6.45) is 0.713. The zero-order valence-electron chi connectivity index (χ0n) is 10.8. The highest BCUT2D eigenvalue weighted by Gasteiger charge is 2.12. The molecule has 1 atom stereocenters. The number of nitrogens with one attached hydrogen (secondary N) is 1. The van der Waals surface area contributed by atoms with Crippen molar-refractivity contribution in [2.24, 2.45) is 0 Å². The Balaban J connectivity index is 2.23. The Morgan fingerprint density at radius 1 is 1.15 bits per heavy atom. The Hall–Kier alpha value is -0.610. The predicted molar refractivity (Wildman–Crippen MR) is 86.1 cm³/mol. The van der Waals surface area contributed by atoms with Crippen molar-refractivity contribution in [2.45, 2.75) is 12.5 Å². The van der Waals surface area contributed by atoms with Gasteiger partial charge in [0.05, 0.1) is 10.0 Å². The van der Waals surface area contributed by atoms with Crippen LogP contribution in [0.5, 0.6) is 0 Å². The van der Waals surface area contributed by atoms with Crippen LogP contribution >= 0.6 is 39.1 Å². The molecule has 2 rings (SSSR count). The van der Waals surface area contributed by atoms with Gasteiger partial charge >= 0.3 is 0 Å². The fourth-order valence-corrected chi connectivity index (χ4v) is 2.74. The second-order valence-corrected chi connectivity index (χ2v) is 6.14. The third-order valence-corrected chi connectivity index (χ3v) is 4.62. The van der Waals surface area contributed by atoms with E-state index in [2.05, 4.69) is 21.2 Å². The van der Waals surface area contributed by atoms with Crippen molar-refractivity contribution in [1.82, 2.24) is 5.32 Å². The van der Waals surface area contributed by atoms with E-state index in [1.54, 1.807) is 12.1 Å². The molecule has 0 amide bonds. The van der Waals surface area contributed by atoms with Crippen molar-refractivity contribution in [1.29, 1.82) is 0 Å². The van der Waals surface area contributed by atoms with Crippen LogP contribution in [0.3, 0.4) is 0 Å². The highest BCUT2D eigenvalue weighted by atomic mass is 79.9. The minimum atomic E-state index is -0.398. The number of hydrogen-bond donors (Lipinski definition) is 1. The Bertz CT molecular complexity index is 619. The molecule has 106 valence electrons. The highest BCUT2D eigenvalue weighted by Crippen LogP contribution is 2.28. The summed E-state index contributed by atoms with van der Waals surface area (Å²) in [5.74, 6) is -0.398. The molecule has 0 aromatic heterocycles. The van der Waals surface area contributed by atoms with Crippen LogP contribution in [0.4, 0.5) is 4.39 Å². The van der Waals surface area contributed by atoms with Crippen LogP contribution in [-0.4, -0.2) is 7.05 Å². The second kappa shape index (κ2) is 6.90. The molecule has 2 aromatic rings. The summed E-state index contributed by atoms with van der Waals surface area (Å²) >= 11 is 15.2. The molecule has 0 radical (unpaired) electrons. The minimum Gasteiger partial charge on any atom is -0.313 e. The quantitative estimate of drug-likeness (QED) is 0.753. The fraction of sp³-hybridized carbons (Fsp3) is 0.200. The summed E-state index contributed by atoms with van der Waals surface area (Å²) < 4.78 is 14.0. The van der Waals surface area contributed by atoms with Crippen LogP contribution < -0.4 is 5.32 Å². The summed E-state index contributed by atoms with van der Waals surface area (Å²) in [4.78, 5) is 0. The average molecular weight is 377 g/mol. The fourth-order valence-electron chi connectivity index (χ4n) is 2.02. The van der Waals surface area contributed by atoms with Crippen molar-refractivity contribution in [2.75, 3.05) is 7.05 Å². The first-order valence-corrected chi connectivity index (χ1v) is 7.62. The van der Waals surface area contributed by atoms with Gasteiger partial charge in [-0.15, -0.1) is 0 Å². The van der Waals surface area contributed by atoms with Gasteiger partial charge in [-0.25, -0.2) is 4.39 Å². The van der Waals surface area contributed by atoms with Gasteiger partial charge < -0.3 is 5.32 Å². The molecule has 2 aromatic carbocycles. The molecule has 0 aliphatic carbocycles. The third kappa shape index (κ3) is 3.73. The first-order valence-electron chi connectivity index (χ1n) is 6.07. The lowest BCUT2D eigenvalue weighted by Crippen LogP contribution is -2.18. The van der Waals surface area contributed by atoms with E-state index in [-0.39, 0.29) is 11.1 Å². The molecular formula is C15H13BrCl2FN. The molecule has 0 fully saturated rings. The summed E-state index contributed by atoms with van der Waals surface area (Å²) in [5.41, 5.74) is 2.08. The lowest BCUT2D eigenvalue weighted by molar-refractivity contribution is 0.589. The third-order valence-electron chi connectivity index (χ3n) is 3.12. The average Bonchev–Trinajstić information content (AvgIpc) is 2.43. The summed E-state index contributed by atoms with van der Waals surface area (Å²) in [6, 6.07) is 10.7. The second-order valence-electron chi connectivity index (χ2n) is 4.47. The molecule has 0 aliphatic rings. The number of hydrogen-bond acceptors (Lipinski definition) is 1. The monoisotopic (exact) mass is 375 g/mol. The number of likely N-dealkylation sites (N-methyl/N-ethyl adjacent to an activating group) is 1. The van der Waals surface area contributed by atoms with Crippen molar-refractivity contribution >= 4 is 39.1 Å². The highest BCUT2D eigenvalue weighted by molar-refractivity contribution is 9.10. The van der Waals surface area contributed by atoms with Crippen LogP contribution in [0, 0.1) is 5.82 Å². The predicted octanol–water partition coefficient (Wildman–Crippen LogP) is 5.40. The van der Waals surface area contributed by atoms with Crippen LogP contribution in [-0.2, 0) is 6.42 Å². The van der Waals surface area contributed by atoms with Crippen LogP contribution in [0.15, 0.2) is 40.9 Å². The van der Waals surface area contributed by atoms with E-state index >= 15 is 0 Å². The molecule has 0 aliphatic heterocycles. The maximum atomic E-state index is 13.2. The zero-order chi connectivity index (χ0) is 14.7. The van der Waals surface area contributed by atoms with Crippen molar-refractivity contribution < 1.29 is 4.39 Å². The zero-order valence-corrected chi connectivity index (χ0v) is 13.9. The van der Waals surface area contributed by atoms with Gasteiger partial charge in [-0.05, 0) is 64.8 Å². The Morgan fingerprint density at radius 2 is 1.90 bits per heavy atom. The molecule has 5 heteroatoms. The maximum absolute atomic E-state index is 13.2. The van der Waals surface area contributed by atoms with Gasteiger partial charge in [0.2, 0.25) is 0 Å². The van der Waals surface area contributed by atoms with E-state index in [1.165, 1.54) is 6.07 Å². The van der Waals surface area contributed by atoms with E-state index in [1.807, 2.05) is 25.2 Å². The standard InChI is InChI=1S/C15H13BrCl2FN/c1-20-15(10-3-4-12(17)11(16)8-10)7-9-2-5-14(19)13(18)6-9/h2-6,8,15,20H,7H2,1H3. The van der Waals surface area contributed by atoms with E-state index in [0.717, 1.165) is 15.6 Å². The van der Waals surface area contributed by atoms with Crippen molar-refractivity contribution in [3.8, 4) is 0 Å². The van der Waals surface area contributed by atoms with E-state index in [0.29, 0.717) is 11.4 Å². The lowest BCUT2D eigenvalue weighted by Gasteiger charge is -2.17. The van der Waals surface area contributed by atoms with Crippen LogP contribution in [0.2, 0.25) is 10.0 Å².